The van der Waals surface area contributed by atoms with Crippen LogP contribution in [0.25, 0.3) is 0 Å². The first kappa shape index (κ1) is 18.0. The molecule has 0 aliphatic carbocycles. The lowest BCUT2D eigenvalue weighted by Crippen LogP contribution is -2.15. The lowest BCUT2D eigenvalue weighted by Gasteiger charge is -2.14. The Kier molecular flexibility index (Phi) is 5.62. The van der Waals surface area contributed by atoms with E-state index < -0.39 is 10.0 Å². The van der Waals surface area contributed by atoms with Gasteiger partial charge in [0.05, 0.1) is 5.75 Å². The van der Waals surface area contributed by atoms with Crippen LogP contribution in [0.4, 0.5) is 11.4 Å². The molecule has 128 valence electrons. The average molecular weight is 346 g/mol. The number of anilines is 2. The summed E-state index contributed by atoms with van der Waals surface area (Å²) in [5.74, 6) is 0.0710. The van der Waals surface area contributed by atoms with Crippen molar-refractivity contribution < 1.29 is 13.2 Å². The number of rotatable bonds is 6. The standard InChI is InChI=1S/C18H22N2O3S/c1-4-24(22,23)20-15-11-9-14(10-12-15)18(21)19-17-8-6-5-7-16(17)13(2)3/h5-13,20H,4H2,1-3H3,(H,19,21). The van der Waals surface area contributed by atoms with Gasteiger partial charge in [-0.1, -0.05) is 32.0 Å². The minimum Gasteiger partial charge on any atom is -0.322 e. The number of nitrogens with one attached hydrogen (secondary N) is 2. The zero-order valence-electron chi connectivity index (χ0n) is 14.0. The summed E-state index contributed by atoms with van der Waals surface area (Å²) in [5.41, 5.74) is 2.76. The van der Waals surface area contributed by atoms with E-state index in [0.29, 0.717) is 17.2 Å². The van der Waals surface area contributed by atoms with Gasteiger partial charge in [-0.2, -0.15) is 0 Å². The van der Waals surface area contributed by atoms with E-state index in [1.807, 2.05) is 24.3 Å². The second-order valence-corrected chi connectivity index (χ2v) is 7.79. The number of hydrogen-bond donors (Lipinski definition) is 2. The normalized spacial score (nSPS) is 11.3. The van der Waals surface area contributed by atoms with E-state index in [9.17, 15) is 13.2 Å². The highest BCUT2D eigenvalue weighted by Crippen LogP contribution is 2.24. The second-order valence-electron chi connectivity index (χ2n) is 5.78. The maximum atomic E-state index is 12.4. The first-order valence-corrected chi connectivity index (χ1v) is 9.48. The third kappa shape index (κ3) is 4.58. The molecular formula is C18H22N2O3S. The first-order chi connectivity index (χ1) is 11.3. The molecule has 0 atom stereocenters. The molecule has 2 rings (SSSR count). The molecular weight excluding hydrogens is 324 g/mol. The first-order valence-electron chi connectivity index (χ1n) is 7.83. The summed E-state index contributed by atoms with van der Waals surface area (Å²) in [6.07, 6.45) is 0. The van der Waals surface area contributed by atoms with Gasteiger partial charge in [0.15, 0.2) is 0 Å². The third-order valence-corrected chi connectivity index (χ3v) is 4.94. The molecule has 0 radical (unpaired) electrons. The summed E-state index contributed by atoms with van der Waals surface area (Å²) >= 11 is 0. The van der Waals surface area contributed by atoms with Crippen LogP contribution < -0.4 is 10.0 Å². The monoisotopic (exact) mass is 346 g/mol. The van der Waals surface area contributed by atoms with Crippen molar-refractivity contribution in [3.05, 3.63) is 59.7 Å². The van der Waals surface area contributed by atoms with Gasteiger partial charge in [0, 0.05) is 16.9 Å². The van der Waals surface area contributed by atoms with Crippen LogP contribution in [0.3, 0.4) is 0 Å². The Labute approximate surface area is 143 Å². The molecule has 0 fully saturated rings. The Morgan fingerprint density at radius 2 is 1.67 bits per heavy atom. The summed E-state index contributed by atoms with van der Waals surface area (Å²) in [6, 6.07) is 14.0. The zero-order valence-corrected chi connectivity index (χ0v) is 14.9. The van der Waals surface area contributed by atoms with Crippen molar-refractivity contribution in [2.75, 3.05) is 15.8 Å². The topological polar surface area (TPSA) is 75.3 Å². The molecule has 2 N–H and O–H groups in total. The molecule has 5 nitrogen and oxygen atoms in total. The predicted octanol–water partition coefficient (Wildman–Crippen LogP) is 3.82. The number of carbonyl (C=O) groups excluding carboxylic acids is 1. The number of benzene rings is 2. The molecule has 6 heteroatoms. The van der Waals surface area contributed by atoms with E-state index >= 15 is 0 Å². The van der Waals surface area contributed by atoms with Crippen LogP contribution in [0, 0.1) is 0 Å². The summed E-state index contributed by atoms with van der Waals surface area (Å²) < 4.78 is 25.5. The van der Waals surface area contributed by atoms with E-state index in [2.05, 4.69) is 23.9 Å². The number of carbonyl (C=O) groups is 1. The molecule has 1 amide bonds. The van der Waals surface area contributed by atoms with Gasteiger partial charge in [-0.15, -0.1) is 0 Å². The van der Waals surface area contributed by atoms with E-state index in [1.165, 1.54) is 0 Å². The molecule has 0 heterocycles. The SMILES string of the molecule is CCS(=O)(=O)Nc1ccc(C(=O)Nc2ccccc2C(C)C)cc1. The molecule has 0 spiro atoms. The van der Waals surface area contributed by atoms with Gasteiger partial charge in [-0.3, -0.25) is 9.52 Å². The maximum Gasteiger partial charge on any atom is 0.255 e. The number of amides is 1. The molecule has 0 aliphatic heterocycles. The van der Waals surface area contributed by atoms with Crippen LogP contribution >= 0.6 is 0 Å². The van der Waals surface area contributed by atoms with Crippen molar-refractivity contribution >= 4 is 27.3 Å². The molecule has 0 aliphatic rings. The van der Waals surface area contributed by atoms with Crippen molar-refractivity contribution in [3.8, 4) is 0 Å². The molecule has 0 bridgehead atoms. The zero-order chi connectivity index (χ0) is 17.7. The molecule has 0 saturated carbocycles. The smallest absolute Gasteiger partial charge is 0.255 e. The minimum absolute atomic E-state index is 0.00121. The highest BCUT2D eigenvalue weighted by atomic mass is 32.2. The van der Waals surface area contributed by atoms with E-state index in [-0.39, 0.29) is 11.7 Å². The fourth-order valence-electron chi connectivity index (χ4n) is 2.25. The Hall–Kier alpha value is -2.34. The highest BCUT2D eigenvalue weighted by molar-refractivity contribution is 7.92. The summed E-state index contributed by atoms with van der Waals surface area (Å²) in [7, 11) is -3.32. The van der Waals surface area contributed by atoms with Crippen LogP contribution in [0.1, 0.15) is 42.6 Å². The molecule has 0 saturated heterocycles. The second kappa shape index (κ2) is 7.49. The molecule has 0 unspecified atom stereocenters. The quantitative estimate of drug-likeness (QED) is 0.835. The van der Waals surface area contributed by atoms with Gasteiger partial charge in [0.25, 0.3) is 5.91 Å². The minimum atomic E-state index is -3.32. The molecule has 0 aromatic heterocycles. The Balaban J connectivity index is 2.14. The summed E-state index contributed by atoms with van der Waals surface area (Å²) in [4.78, 5) is 12.4. The van der Waals surface area contributed by atoms with E-state index in [0.717, 1.165) is 11.3 Å². The van der Waals surface area contributed by atoms with Crippen molar-refractivity contribution in [1.82, 2.24) is 0 Å². The lowest BCUT2D eigenvalue weighted by molar-refractivity contribution is 0.102. The Morgan fingerprint density at radius 1 is 1.04 bits per heavy atom. The number of hydrogen-bond acceptors (Lipinski definition) is 3. The van der Waals surface area contributed by atoms with Crippen LogP contribution in [0.2, 0.25) is 0 Å². The van der Waals surface area contributed by atoms with Crippen LogP contribution in [0.15, 0.2) is 48.5 Å². The van der Waals surface area contributed by atoms with Crippen LogP contribution in [0.5, 0.6) is 0 Å². The average Bonchev–Trinajstić information content (AvgIpc) is 2.55. The van der Waals surface area contributed by atoms with Gasteiger partial charge in [0.1, 0.15) is 0 Å². The fraction of sp³-hybridized carbons (Fsp3) is 0.278. The Bertz CT molecular complexity index is 812. The molecule has 2 aromatic rings. The van der Waals surface area contributed by atoms with Crippen LogP contribution in [-0.2, 0) is 10.0 Å². The van der Waals surface area contributed by atoms with E-state index in [1.54, 1.807) is 31.2 Å². The van der Waals surface area contributed by atoms with Gasteiger partial charge in [-0.05, 0) is 48.7 Å². The van der Waals surface area contributed by atoms with Crippen molar-refractivity contribution in [3.63, 3.8) is 0 Å². The maximum absolute atomic E-state index is 12.4. The van der Waals surface area contributed by atoms with Gasteiger partial charge in [0.2, 0.25) is 10.0 Å². The molecule has 2 aromatic carbocycles. The number of sulfonamides is 1. The largest absolute Gasteiger partial charge is 0.322 e. The van der Waals surface area contributed by atoms with Gasteiger partial charge in [-0.25, -0.2) is 8.42 Å². The van der Waals surface area contributed by atoms with Crippen molar-refractivity contribution in [2.45, 2.75) is 26.7 Å². The van der Waals surface area contributed by atoms with Crippen molar-refractivity contribution in [2.24, 2.45) is 0 Å². The van der Waals surface area contributed by atoms with Gasteiger partial charge >= 0.3 is 0 Å². The lowest BCUT2D eigenvalue weighted by atomic mass is 10.0. The van der Waals surface area contributed by atoms with Gasteiger partial charge < -0.3 is 5.32 Å². The third-order valence-electron chi connectivity index (χ3n) is 3.63. The number of para-hydroxylation sites is 1. The summed E-state index contributed by atoms with van der Waals surface area (Å²) in [5, 5.41) is 2.91. The highest BCUT2D eigenvalue weighted by Gasteiger charge is 2.12. The Morgan fingerprint density at radius 3 is 2.25 bits per heavy atom. The molecule has 24 heavy (non-hydrogen) atoms. The summed E-state index contributed by atoms with van der Waals surface area (Å²) in [6.45, 7) is 5.70. The predicted molar refractivity (Wildman–Crippen MR) is 98.0 cm³/mol. The van der Waals surface area contributed by atoms with E-state index in [4.69, 9.17) is 0 Å². The van der Waals surface area contributed by atoms with Crippen LogP contribution in [-0.4, -0.2) is 20.1 Å². The van der Waals surface area contributed by atoms with Crippen molar-refractivity contribution in [1.29, 1.82) is 0 Å². The fourth-order valence-corrected chi connectivity index (χ4v) is 2.89.